The van der Waals surface area contributed by atoms with Gasteiger partial charge < -0.3 is 15.5 Å². The molecule has 0 bridgehead atoms. The number of hydrogen-bond acceptors (Lipinski definition) is 5. The number of carbonyl (C=O) groups excluding carboxylic acids is 2. The number of para-hydroxylation sites is 1. The van der Waals surface area contributed by atoms with E-state index in [0.717, 1.165) is 26.6 Å². The molecule has 0 aliphatic rings. The van der Waals surface area contributed by atoms with Crippen molar-refractivity contribution in [1.29, 1.82) is 0 Å². The van der Waals surface area contributed by atoms with Gasteiger partial charge in [0.2, 0.25) is 5.95 Å². The van der Waals surface area contributed by atoms with Gasteiger partial charge in [0.25, 0.3) is 11.8 Å². The van der Waals surface area contributed by atoms with Crippen molar-refractivity contribution in [3.63, 3.8) is 0 Å². The Morgan fingerprint density at radius 2 is 1.70 bits per heavy atom. The summed E-state index contributed by atoms with van der Waals surface area (Å²) in [7, 11) is 3.38. The Labute approximate surface area is 200 Å². The third-order valence-corrected chi connectivity index (χ3v) is 5.74. The summed E-state index contributed by atoms with van der Waals surface area (Å²) in [4.78, 5) is 35.3. The molecule has 7 nitrogen and oxygen atoms in total. The molecular weight excluding hydrogens is 482 g/mol. The van der Waals surface area contributed by atoms with Gasteiger partial charge in [0, 0.05) is 52.7 Å². The van der Waals surface area contributed by atoms with Crippen LogP contribution < -0.4 is 10.6 Å². The average Bonchev–Trinajstić information content (AvgIpc) is 2.81. The van der Waals surface area contributed by atoms with Crippen LogP contribution in [0.5, 0.6) is 0 Å². The molecule has 0 radical (unpaired) electrons. The molecule has 0 saturated heterocycles. The standard InChI is InChI=1S/C25H22BrN5O2/c1-15-7-12-19(28-25-27-14-18-5-4-6-20(26)22(18)30-25)13-21(15)29-23(32)16-8-10-17(11-9-16)24(33)31(2)3/h4-14H,1-3H3,(H,29,32)(H,27,28,30). The second-order valence-electron chi connectivity index (χ2n) is 7.76. The van der Waals surface area contributed by atoms with Crippen LogP contribution in [0.1, 0.15) is 26.3 Å². The first-order valence-electron chi connectivity index (χ1n) is 10.2. The molecule has 3 aromatic carbocycles. The third-order valence-electron chi connectivity index (χ3n) is 5.10. The second kappa shape index (κ2) is 9.38. The quantitative estimate of drug-likeness (QED) is 0.380. The topological polar surface area (TPSA) is 87.2 Å². The van der Waals surface area contributed by atoms with Crippen LogP contribution in [0.15, 0.2) is 71.3 Å². The maximum atomic E-state index is 12.8. The van der Waals surface area contributed by atoms with Crippen molar-refractivity contribution in [2.24, 2.45) is 0 Å². The van der Waals surface area contributed by atoms with Gasteiger partial charge in [0.1, 0.15) is 0 Å². The van der Waals surface area contributed by atoms with E-state index in [1.807, 2.05) is 43.3 Å². The number of aryl methyl sites for hydroxylation is 1. The molecular formula is C25H22BrN5O2. The maximum absolute atomic E-state index is 12.8. The molecule has 0 aliphatic carbocycles. The summed E-state index contributed by atoms with van der Waals surface area (Å²) in [5.41, 5.74) is 4.13. The minimum Gasteiger partial charge on any atom is -0.345 e. The van der Waals surface area contributed by atoms with Gasteiger partial charge in [-0.05, 0) is 70.9 Å². The number of hydrogen-bond donors (Lipinski definition) is 2. The molecule has 0 saturated carbocycles. The van der Waals surface area contributed by atoms with Gasteiger partial charge in [-0.15, -0.1) is 0 Å². The molecule has 0 fully saturated rings. The van der Waals surface area contributed by atoms with Crippen LogP contribution in [0, 0.1) is 6.92 Å². The number of anilines is 3. The largest absolute Gasteiger partial charge is 0.345 e. The van der Waals surface area contributed by atoms with Crippen molar-refractivity contribution in [2.75, 3.05) is 24.7 Å². The number of nitrogens with one attached hydrogen (secondary N) is 2. The van der Waals surface area contributed by atoms with Gasteiger partial charge in [0.05, 0.1) is 5.52 Å². The number of aromatic nitrogens is 2. The van der Waals surface area contributed by atoms with Gasteiger partial charge in [-0.2, -0.15) is 0 Å². The molecule has 2 N–H and O–H groups in total. The molecule has 2 amide bonds. The van der Waals surface area contributed by atoms with E-state index in [9.17, 15) is 9.59 Å². The number of nitrogens with zero attached hydrogens (tertiary/aromatic N) is 3. The van der Waals surface area contributed by atoms with Crippen molar-refractivity contribution < 1.29 is 9.59 Å². The van der Waals surface area contributed by atoms with E-state index in [1.54, 1.807) is 44.6 Å². The summed E-state index contributed by atoms with van der Waals surface area (Å²) in [6, 6.07) is 18.1. The zero-order valence-electron chi connectivity index (χ0n) is 18.4. The van der Waals surface area contributed by atoms with Gasteiger partial charge in [-0.1, -0.05) is 18.2 Å². The number of benzene rings is 3. The van der Waals surface area contributed by atoms with Gasteiger partial charge in [-0.3, -0.25) is 9.59 Å². The summed E-state index contributed by atoms with van der Waals surface area (Å²) in [5.74, 6) is 0.0844. The number of rotatable bonds is 5. The number of carbonyl (C=O) groups is 2. The second-order valence-corrected chi connectivity index (χ2v) is 8.61. The third kappa shape index (κ3) is 5.01. The lowest BCUT2D eigenvalue weighted by atomic mass is 10.1. The van der Waals surface area contributed by atoms with E-state index in [-0.39, 0.29) is 11.8 Å². The van der Waals surface area contributed by atoms with Crippen LogP contribution in [-0.4, -0.2) is 40.8 Å². The lowest BCUT2D eigenvalue weighted by molar-refractivity contribution is 0.0827. The fraction of sp³-hybridized carbons (Fsp3) is 0.120. The smallest absolute Gasteiger partial charge is 0.255 e. The first-order chi connectivity index (χ1) is 15.8. The molecule has 0 atom stereocenters. The van der Waals surface area contributed by atoms with Gasteiger partial charge in [-0.25, -0.2) is 9.97 Å². The monoisotopic (exact) mass is 503 g/mol. The summed E-state index contributed by atoms with van der Waals surface area (Å²) in [6.45, 7) is 1.92. The van der Waals surface area contributed by atoms with Crippen LogP contribution in [-0.2, 0) is 0 Å². The fourth-order valence-electron chi connectivity index (χ4n) is 3.26. The average molecular weight is 504 g/mol. The first-order valence-corrected chi connectivity index (χ1v) is 11.0. The Bertz CT molecular complexity index is 1350. The number of amides is 2. The van der Waals surface area contributed by atoms with E-state index >= 15 is 0 Å². The lowest BCUT2D eigenvalue weighted by Crippen LogP contribution is -2.21. The summed E-state index contributed by atoms with van der Waals surface area (Å²) >= 11 is 3.52. The van der Waals surface area contributed by atoms with Crippen LogP contribution in [0.2, 0.25) is 0 Å². The van der Waals surface area contributed by atoms with E-state index in [0.29, 0.717) is 22.8 Å². The zero-order chi connectivity index (χ0) is 23.5. The van der Waals surface area contributed by atoms with E-state index in [2.05, 4.69) is 36.5 Å². The Hall–Kier alpha value is -3.78. The van der Waals surface area contributed by atoms with Crippen LogP contribution in [0.4, 0.5) is 17.3 Å². The SMILES string of the molecule is Cc1ccc(Nc2ncc3cccc(Br)c3n2)cc1NC(=O)c1ccc(C(=O)N(C)C)cc1. The minimum absolute atomic E-state index is 0.112. The highest BCUT2D eigenvalue weighted by atomic mass is 79.9. The molecule has 8 heteroatoms. The Kier molecular flexibility index (Phi) is 6.37. The summed E-state index contributed by atoms with van der Waals surface area (Å²) in [5, 5.41) is 7.07. The van der Waals surface area contributed by atoms with Crippen LogP contribution in [0.25, 0.3) is 10.9 Å². The molecule has 0 unspecified atom stereocenters. The predicted octanol–water partition coefficient (Wildman–Crippen LogP) is 5.40. The normalized spacial score (nSPS) is 10.7. The summed E-state index contributed by atoms with van der Waals surface area (Å²) < 4.78 is 0.889. The van der Waals surface area contributed by atoms with Crippen molar-refractivity contribution >= 4 is 56.0 Å². The molecule has 1 aromatic heterocycles. The molecule has 166 valence electrons. The minimum atomic E-state index is -0.259. The van der Waals surface area contributed by atoms with Crippen molar-refractivity contribution in [1.82, 2.24) is 14.9 Å². The Morgan fingerprint density at radius 3 is 2.42 bits per heavy atom. The molecule has 1 heterocycles. The van der Waals surface area contributed by atoms with Crippen LogP contribution in [0.3, 0.4) is 0 Å². The van der Waals surface area contributed by atoms with E-state index in [4.69, 9.17) is 0 Å². The van der Waals surface area contributed by atoms with Crippen molar-refractivity contribution in [2.45, 2.75) is 6.92 Å². The van der Waals surface area contributed by atoms with E-state index in [1.165, 1.54) is 4.90 Å². The lowest BCUT2D eigenvalue weighted by Gasteiger charge is -2.13. The van der Waals surface area contributed by atoms with Crippen molar-refractivity contribution in [3.05, 3.63) is 88.0 Å². The van der Waals surface area contributed by atoms with Gasteiger partial charge in [0.15, 0.2) is 0 Å². The zero-order valence-corrected chi connectivity index (χ0v) is 20.0. The first kappa shape index (κ1) is 22.4. The number of halogens is 1. The predicted molar refractivity (Wildman–Crippen MR) is 134 cm³/mol. The Balaban J connectivity index is 1.52. The highest BCUT2D eigenvalue weighted by molar-refractivity contribution is 9.10. The molecule has 33 heavy (non-hydrogen) atoms. The highest BCUT2D eigenvalue weighted by Gasteiger charge is 2.12. The maximum Gasteiger partial charge on any atom is 0.255 e. The number of fused-ring (bicyclic) bond motifs is 1. The van der Waals surface area contributed by atoms with Crippen LogP contribution >= 0.6 is 15.9 Å². The van der Waals surface area contributed by atoms with Gasteiger partial charge >= 0.3 is 0 Å². The Morgan fingerprint density at radius 1 is 0.970 bits per heavy atom. The molecule has 0 aliphatic heterocycles. The summed E-state index contributed by atoms with van der Waals surface area (Å²) in [6.07, 6.45) is 1.76. The van der Waals surface area contributed by atoms with E-state index < -0.39 is 0 Å². The molecule has 4 aromatic rings. The molecule has 0 spiro atoms. The van der Waals surface area contributed by atoms with Crippen molar-refractivity contribution in [3.8, 4) is 0 Å². The molecule has 4 rings (SSSR count). The highest BCUT2D eigenvalue weighted by Crippen LogP contribution is 2.26. The fourth-order valence-corrected chi connectivity index (χ4v) is 3.73.